The van der Waals surface area contributed by atoms with E-state index in [1.807, 2.05) is 75.4 Å². The number of hydrogen-bond donors (Lipinski definition) is 1. The van der Waals surface area contributed by atoms with Crippen LogP contribution in [0.1, 0.15) is 52.0 Å². The molecule has 4 rings (SSSR count). The molecule has 3 aromatic rings. The van der Waals surface area contributed by atoms with Gasteiger partial charge in [0, 0.05) is 30.9 Å². The predicted octanol–water partition coefficient (Wildman–Crippen LogP) is 4.89. The zero-order valence-electron chi connectivity index (χ0n) is 22.4. The second-order valence-corrected chi connectivity index (χ2v) is 11.7. The number of carbonyl (C=O) groups is 2. The third-order valence-corrected chi connectivity index (χ3v) is 9.16. The van der Waals surface area contributed by atoms with E-state index in [0.29, 0.717) is 36.4 Å². The van der Waals surface area contributed by atoms with Crippen molar-refractivity contribution in [2.45, 2.75) is 69.9 Å². The second kappa shape index (κ2) is 12.0. The zero-order valence-corrected chi connectivity index (χ0v) is 23.2. The van der Waals surface area contributed by atoms with Crippen LogP contribution >= 0.6 is 0 Å². The first-order chi connectivity index (χ1) is 18.3. The number of sulfonamides is 1. The number of rotatable bonds is 12. The van der Waals surface area contributed by atoms with Crippen molar-refractivity contribution in [2.24, 2.45) is 0 Å². The molecule has 8 heteroatoms. The van der Waals surface area contributed by atoms with Gasteiger partial charge in [0.05, 0.1) is 10.6 Å². The molecule has 0 fully saturated rings. The van der Waals surface area contributed by atoms with Crippen molar-refractivity contribution in [3.8, 4) is 0 Å². The lowest BCUT2D eigenvalue weighted by Crippen LogP contribution is -2.51. The Morgan fingerprint density at radius 1 is 0.947 bits per heavy atom. The first-order valence-electron chi connectivity index (χ1n) is 13.5. The van der Waals surface area contributed by atoms with E-state index in [1.165, 1.54) is 4.31 Å². The molecule has 0 saturated heterocycles. The second-order valence-electron chi connectivity index (χ2n) is 9.88. The molecule has 0 radical (unpaired) electrons. The molecule has 202 valence electrons. The van der Waals surface area contributed by atoms with Crippen molar-refractivity contribution in [2.75, 3.05) is 17.4 Å². The Hall–Kier alpha value is -3.39. The molecule has 1 heterocycles. The summed E-state index contributed by atoms with van der Waals surface area (Å²) in [4.78, 5) is 28.6. The Kier molecular flexibility index (Phi) is 8.72. The van der Waals surface area contributed by atoms with Gasteiger partial charge in [0.15, 0.2) is 0 Å². The van der Waals surface area contributed by atoms with Crippen LogP contribution in [0.15, 0.2) is 71.6 Å². The van der Waals surface area contributed by atoms with E-state index in [4.69, 9.17) is 0 Å². The molecular formula is C30H37N3O4S. The van der Waals surface area contributed by atoms with Gasteiger partial charge in [-0.2, -0.15) is 0 Å². The number of amides is 2. The van der Waals surface area contributed by atoms with E-state index in [0.717, 1.165) is 22.8 Å². The summed E-state index contributed by atoms with van der Waals surface area (Å²) in [6.45, 7) is 6.50. The molecule has 2 atom stereocenters. The zero-order chi connectivity index (χ0) is 27.3. The lowest BCUT2D eigenvalue weighted by Gasteiger charge is -2.31. The number of nitrogens with zero attached hydrogens (tertiary/aromatic N) is 2. The monoisotopic (exact) mass is 535 g/mol. The smallest absolute Gasteiger partial charge is 0.265 e. The van der Waals surface area contributed by atoms with Crippen molar-refractivity contribution in [1.29, 1.82) is 0 Å². The minimum atomic E-state index is -3.67. The van der Waals surface area contributed by atoms with Crippen LogP contribution in [0.2, 0.25) is 0 Å². The van der Waals surface area contributed by atoms with Crippen molar-refractivity contribution in [3.05, 3.63) is 72.3 Å². The van der Waals surface area contributed by atoms with Crippen molar-refractivity contribution in [1.82, 2.24) is 10.2 Å². The van der Waals surface area contributed by atoms with Gasteiger partial charge in [-0.25, -0.2) is 8.42 Å². The topological polar surface area (TPSA) is 86.8 Å². The van der Waals surface area contributed by atoms with Crippen molar-refractivity contribution < 1.29 is 18.0 Å². The predicted molar refractivity (Wildman–Crippen MR) is 152 cm³/mol. The van der Waals surface area contributed by atoms with Gasteiger partial charge in [0.25, 0.3) is 10.0 Å². The normalized spacial score (nSPS) is 15.3. The van der Waals surface area contributed by atoms with Crippen molar-refractivity contribution in [3.63, 3.8) is 0 Å². The fraction of sp³-hybridized carbons (Fsp3) is 0.400. The Morgan fingerprint density at radius 2 is 1.66 bits per heavy atom. The van der Waals surface area contributed by atoms with E-state index in [1.54, 1.807) is 17.0 Å². The van der Waals surface area contributed by atoms with Crippen LogP contribution in [0.25, 0.3) is 10.8 Å². The fourth-order valence-corrected chi connectivity index (χ4v) is 6.80. The van der Waals surface area contributed by atoms with E-state index < -0.39 is 16.1 Å². The number of carbonyl (C=O) groups excluding carboxylic acids is 2. The third-order valence-electron chi connectivity index (χ3n) is 7.30. The Balaban J connectivity index is 1.48. The fourth-order valence-electron chi connectivity index (χ4n) is 5.05. The number of hydrogen-bond acceptors (Lipinski definition) is 4. The van der Waals surface area contributed by atoms with Crippen LogP contribution < -0.4 is 9.62 Å². The van der Waals surface area contributed by atoms with Gasteiger partial charge in [0.2, 0.25) is 11.8 Å². The molecule has 1 N–H and O–H groups in total. The van der Waals surface area contributed by atoms with E-state index in [2.05, 4.69) is 5.32 Å². The first kappa shape index (κ1) is 27.6. The summed E-state index contributed by atoms with van der Waals surface area (Å²) in [5.41, 5.74) is 1.75. The maximum atomic E-state index is 13.5. The third kappa shape index (κ3) is 5.70. The Bertz CT molecular complexity index is 1390. The molecule has 38 heavy (non-hydrogen) atoms. The minimum Gasteiger partial charge on any atom is -0.352 e. The van der Waals surface area contributed by atoms with Crippen LogP contribution in [0, 0.1) is 0 Å². The minimum absolute atomic E-state index is 0.0207. The quantitative estimate of drug-likeness (QED) is 0.358. The summed E-state index contributed by atoms with van der Waals surface area (Å²) in [6, 6.07) is 20.2. The van der Waals surface area contributed by atoms with Gasteiger partial charge in [0.1, 0.15) is 6.04 Å². The summed E-state index contributed by atoms with van der Waals surface area (Å²) >= 11 is 0. The molecule has 0 spiro atoms. The molecule has 0 saturated carbocycles. The van der Waals surface area contributed by atoms with Gasteiger partial charge in [-0.05, 0) is 55.7 Å². The molecule has 2 amide bonds. The van der Waals surface area contributed by atoms with Crippen LogP contribution in [-0.2, 0) is 26.0 Å². The summed E-state index contributed by atoms with van der Waals surface area (Å²) in [7, 11) is -3.67. The number of anilines is 1. The molecule has 7 nitrogen and oxygen atoms in total. The maximum Gasteiger partial charge on any atom is 0.265 e. The summed E-state index contributed by atoms with van der Waals surface area (Å²) in [6.07, 6.45) is 2.45. The summed E-state index contributed by atoms with van der Waals surface area (Å²) in [5.74, 6) is -0.285. The van der Waals surface area contributed by atoms with Gasteiger partial charge >= 0.3 is 0 Å². The molecule has 0 aliphatic carbocycles. The lowest BCUT2D eigenvalue weighted by molar-refractivity contribution is -0.141. The molecular weight excluding hydrogens is 498 g/mol. The molecule has 0 bridgehead atoms. The Labute approximate surface area is 225 Å². The SMILES string of the molecule is CC[C@H](C(=O)N[C@@H](C)CC)N(CCc1ccccc1)C(=O)CCCN1c2cccc3cccc(c23)S1(=O)=O. The lowest BCUT2D eigenvalue weighted by atomic mass is 10.1. The van der Waals surface area contributed by atoms with Crippen LogP contribution in [0.4, 0.5) is 5.69 Å². The van der Waals surface area contributed by atoms with Crippen LogP contribution in [0.3, 0.4) is 0 Å². The molecule has 0 aromatic heterocycles. The van der Waals surface area contributed by atoms with Crippen molar-refractivity contribution >= 4 is 38.3 Å². The van der Waals surface area contributed by atoms with Gasteiger partial charge in [-0.15, -0.1) is 0 Å². The van der Waals surface area contributed by atoms with Gasteiger partial charge in [-0.1, -0.05) is 68.4 Å². The highest BCUT2D eigenvalue weighted by atomic mass is 32.2. The maximum absolute atomic E-state index is 13.5. The average Bonchev–Trinajstić information content (AvgIpc) is 3.14. The molecule has 3 aromatic carbocycles. The summed E-state index contributed by atoms with van der Waals surface area (Å²) in [5, 5.41) is 4.64. The molecule has 1 aliphatic rings. The van der Waals surface area contributed by atoms with Crippen LogP contribution in [0.5, 0.6) is 0 Å². The van der Waals surface area contributed by atoms with Crippen LogP contribution in [-0.4, -0.2) is 50.3 Å². The summed E-state index contributed by atoms with van der Waals surface area (Å²) < 4.78 is 28.0. The Morgan fingerprint density at radius 3 is 2.34 bits per heavy atom. The highest BCUT2D eigenvalue weighted by Gasteiger charge is 2.35. The number of nitrogens with one attached hydrogen (secondary N) is 1. The highest BCUT2D eigenvalue weighted by molar-refractivity contribution is 7.93. The van der Waals surface area contributed by atoms with E-state index >= 15 is 0 Å². The number of benzene rings is 3. The molecule has 1 aliphatic heterocycles. The van der Waals surface area contributed by atoms with Gasteiger partial charge in [-0.3, -0.25) is 13.9 Å². The largest absolute Gasteiger partial charge is 0.352 e. The average molecular weight is 536 g/mol. The van der Waals surface area contributed by atoms with E-state index in [9.17, 15) is 18.0 Å². The van der Waals surface area contributed by atoms with E-state index in [-0.39, 0.29) is 30.8 Å². The molecule has 0 unspecified atom stereocenters. The standard InChI is InChI=1S/C30H37N3O4S/c1-4-22(3)31-30(35)25(5-2)32(21-19-23-12-7-6-8-13-23)28(34)18-11-20-33-26-16-9-14-24-15-10-17-27(29(24)26)38(33,36)37/h6-10,12-17,22,25H,4-5,11,18-21H2,1-3H3,(H,31,35)/t22-,25+/m0/s1. The van der Waals surface area contributed by atoms with Gasteiger partial charge < -0.3 is 10.2 Å². The highest BCUT2D eigenvalue weighted by Crippen LogP contribution is 2.42. The first-order valence-corrected chi connectivity index (χ1v) is 14.9.